The second-order valence-electron chi connectivity index (χ2n) is 15.8. The third kappa shape index (κ3) is 9.12. The Morgan fingerprint density at radius 3 is 1.77 bits per heavy atom. The van der Waals surface area contributed by atoms with E-state index in [1.54, 1.807) is 69.4 Å². The second-order valence-corrected chi connectivity index (χ2v) is 15.8. The maximum Gasteiger partial charge on any atom is 0.498 e. The zero-order valence-electron chi connectivity index (χ0n) is 29.2. The number of nitrogens with zero attached hydrogens (tertiary/aromatic N) is 4. The monoisotopic (exact) mass is 620 g/mol. The van der Waals surface area contributed by atoms with E-state index in [1.165, 1.54) is 14.5 Å². The summed E-state index contributed by atoms with van der Waals surface area (Å²) in [5, 5.41) is 4.75. The van der Waals surface area contributed by atoms with Gasteiger partial charge in [0.25, 0.3) is 0 Å². The minimum absolute atomic E-state index is 0.0218. The summed E-state index contributed by atoms with van der Waals surface area (Å²) < 4.78 is 31.2. The fourth-order valence-corrected chi connectivity index (χ4v) is 4.46. The molecule has 0 unspecified atom stereocenters. The quantitative estimate of drug-likeness (QED) is 0.290. The van der Waals surface area contributed by atoms with Gasteiger partial charge in [-0.2, -0.15) is 9.78 Å². The maximum atomic E-state index is 13.6. The van der Waals surface area contributed by atoms with Crippen LogP contribution in [0.2, 0.25) is 0 Å². The van der Waals surface area contributed by atoms with Crippen LogP contribution in [0.1, 0.15) is 120 Å². The Morgan fingerprint density at radius 1 is 0.841 bits per heavy atom. The number of aromatic nitrogens is 2. The van der Waals surface area contributed by atoms with Gasteiger partial charge in [0.15, 0.2) is 0 Å². The largest absolute Gasteiger partial charge is 0.498 e. The molecular formula is C31H53BN4O8. The first-order valence-corrected chi connectivity index (χ1v) is 15.4. The summed E-state index contributed by atoms with van der Waals surface area (Å²) in [6.45, 7) is 24.2. The van der Waals surface area contributed by atoms with Crippen LogP contribution in [0, 0.1) is 0 Å². The van der Waals surface area contributed by atoms with Crippen LogP contribution in [0.5, 0.6) is 0 Å². The Labute approximate surface area is 263 Å². The number of ether oxygens (including phenoxy) is 3. The van der Waals surface area contributed by atoms with Crippen LogP contribution in [-0.4, -0.2) is 93.1 Å². The predicted octanol–water partition coefficient (Wildman–Crippen LogP) is 5.45. The van der Waals surface area contributed by atoms with Crippen molar-refractivity contribution in [1.82, 2.24) is 19.6 Å². The van der Waals surface area contributed by atoms with Gasteiger partial charge >= 0.3 is 25.4 Å². The molecule has 1 aromatic heterocycles. The third-order valence-corrected chi connectivity index (χ3v) is 7.46. The lowest BCUT2D eigenvalue weighted by Gasteiger charge is -2.32. The van der Waals surface area contributed by atoms with Gasteiger partial charge in [0.2, 0.25) is 0 Å². The van der Waals surface area contributed by atoms with Crippen molar-refractivity contribution in [2.75, 3.05) is 20.1 Å². The molecule has 2 fully saturated rings. The summed E-state index contributed by atoms with van der Waals surface area (Å²) in [7, 11) is 0.784. The SMILES string of the molecule is CN(CCN(Cc1nn(C(=O)OC(C)(C)C)c(C2CC2)c1B1OC(C)(C)C(C)(C)O1)C(=O)OC(C)(C)C)C(=O)OC(C)(C)C. The molecule has 1 saturated heterocycles. The van der Waals surface area contributed by atoms with Crippen molar-refractivity contribution in [2.24, 2.45) is 0 Å². The number of hydrogen-bond acceptors (Lipinski definition) is 9. The van der Waals surface area contributed by atoms with Crippen LogP contribution < -0.4 is 5.46 Å². The fourth-order valence-electron chi connectivity index (χ4n) is 4.46. The first kappa shape index (κ1) is 35.7. The van der Waals surface area contributed by atoms with Gasteiger partial charge in [-0.05, 0) is 103 Å². The lowest BCUT2D eigenvalue weighted by atomic mass is 9.75. The van der Waals surface area contributed by atoms with Gasteiger partial charge < -0.3 is 33.3 Å². The van der Waals surface area contributed by atoms with Crippen LogP contribution in [0.3, 0.4) is 0 Å². The summed E-state index contributed by atoms with van der Waals surface area (Å²) >= 11 is 0. The number of amides is 2. The molecule has 0 bridgehead atoms. The van der Waals surface area contributed by atoms with Gasteiger partial charge in [-0.15, -0.1) is 0 Å². The Balaban J connectivity index is 2.06. The molecule has 0 spiro atoms. The van der Waals surface area contributed by atoms with Gasteiger partial charge in [-0.25, -0.2) is 14.4 Å². The second kappa shape index (κ2) is 12.2. The molecule has 13 heteroatoms. The normalized spacial score (nSPS) is 18.2. The molecule has 44 heavy (non-hydrogen) atoms. The molecule has 2 heterocycles. The van der Waals surface area contributed by atoms with E-state index in [-0.39, 0.29) is 25.6 Å². The first-order chi connectivity index (χ1) is 19.8. The van der Waals surface area contributed by atoms with Crippen molar-refractivity contribution >= 4 is 30.9 Å². The van der Waals surface area contributed by atoms with Gasteiger partial charge in [0.1, 0.15) is 16.8 Å². The van der Waals surface area contributed by atoms with E-state index < -0.39 is 53.4 Å². The van der Waals surface area contributed by atoms with Crippen molar-refractivity contribution in [3.63, 3.8) is 0 Å². The van der Waals surface area contributed by atoms with E-state index in [2.05, 4.69) is 0 Å². The number of rotatable bonds is 7. The van der Waals surface area contributed by atoms with E-state index >= 15 is 0 Å². The number of hydrogen-bond donors (Lipinski definition) is 0. The zero-order valence-corrected chi connectivity index (χ0v) is 29.2. The van der Waals surface area contributed by atoms with Crippen LogP contribution in [-0.2, 0) is 30.1 Å². The maximum absolute atomic E-state index is 13.6. The molecule has 12 nitrogen and oxygen atoms in total. The molecular weight excluding hydrogens is 567 g/mol. The lowest BCUT2D eigenvalue weighted by molar-refractivity contribution is 0.00578. The van der Waals surface area contributed by atoms with E-state index in [1.807, 2.05) is 27.7 Å². The van der Waals surface area contributed by atoms with Crippen LogP contribution in [0.15, 0.2) is 0 Å². The average Bonchev–Trinajstić information content (AvgIpc) is 3.52. The van der Waals surface area contributed by atoms with E-state index in [0.717, 1.165) is 12.8 Å². The Morgan fingerprint density at radius 2 is 1.32 bits per heavy atom. The topological polar surface area (TPSA) is 122 Å². The van der Waals surface area contributed by atoms with Gasteiger partial charge in [-0.3, -0.25) is 0 Å². The molecule has 1 aromatic rings. The minimum Gasteiger partial charge on any atom is -0.444 e. The summed E-state index contributed by atoms with van der Waals surface area (Å²) in [6.07, 6.45) is 0.0322. The first-order valence-electron chi connectivity index (χ1n) is 15.4. The molecule has 3 rings (SSSR count). The summed E-state index contributed by atoms with van der Waals surface area (Å²) in [5.74, 6) is 0.0612. The van der Waals surface area contributed by atoms with Crippen LogP contribution in [0.25, 0.3) is 0 Å². The minimum atomic E-state index is -0.827. The highest BCUT2D eigenvalue weighted by Gasteiger charge is 2.55. The molecule has 0 radical (unpaired) electrons. The van der Waals surface area contributed by atoms with Crippen LogP contribution in [0.4, 0.5) is 14.4 Å². The number of carbonyl (C=O) groups is 3. The molecule has 1 aliphatic heterocycles. The molecule has 2 amide bonds. The standard InChI is InChI=1S/C31H53BN4O8/c1-27(2,3)40-24(37)34(14)17-18-35(25(38)41-28(4,5)6)19-21-22(32-43-30(10,11)31(12,13)44-32)23(20-15-16-20)36(33-21)26(39)42-29(7,8)9/h20H,15-19H2,1-14H3. The smallest absolute Gasteiger partial charge is 0.444 e. The molecule has 0 atom stereocenters. The molecule has 0 aromatic carbocycles. The predicted molar refractivity (Wildman–Crippen MR) is 167 cm³/mol. The Kier molecular flexibility index (Phi) is 9.88. The van der Waals surface area contributed by atoms with Gasteiger partial charge in [0, 0.05) is 31.5 Å². The third-order valence-electron chi connectivity index (χ3n) is 7.46. The summed E-state index contributed by atoms with van der Waals surface area (Å²) in [6, 6.07) is 0. The fraction of sp³-hybridized carbons (Fsp3) is 0.806. The Bertz CT molecular complexity index is 1220. The molecule has 1 saturated carbocycles. The molecule has 0 N–H and O–H groups in total. The highest BCUT2D eigenvalue weighted by atomic mass is 16.7. The highest BCUT2D eigenvalue weighted by Crippen LogP contribution is 2.42. The van der Waals surface area contributed by atoms with E-state index in [0.29, 0.717) is 16.9 Å². The van der Waals surface area contributed by atoms with Crippen molar-refractivity contribution < 1.29 is 37.9 Å². The Hall–Kier alpha value is -2.80. The number of likely N-dealkylation sites (N-methyl/N-ethyl adjacent to an activating group) is 1. The van der Waals surface area contributed by atoms with Crippen molar-refractivity contribution in [3.05, 3.63) is 11.4 Å². The van der Waals surface area contributed by atoms with Gasteiger partial charge in [-0.1, -0.05) is 0 Å². The van der Waals surface area contributed by atoms with Crippen LogP contribution >= 0.6 is 0 Å². The van der Waals surface area contributed by atoms with Crippen molar-refractivity contribution in [2.45, 2.75) is 143 Å². The molecule has 2 aliphatic rings. The van der Waals surface area contributed by atoms with Crippen molar-refractivity contribution in [1.29, 1.82) is 0 Å². The average molecular weight is 621 g/mol. The molecule has 1 aliphatic carbocycles. The van der Waals surface area contributed by atoms with E-state index in [4.69, 9.17) is 28.6 Å². The molecule has 248 valence electrons. The summed E-state index contributed by atoms with van der Waals surface area (Å²) in [5.41, 5.74) is -1.76. The summed E-state index contributed by atoms with van der Waals surface area (Å²) in [4.78, 5) is 42.6. The van der Waals surface area contributed by atoms with Crippen molar-refractivity contribution in [3.8, 4) is 0 Å². The zero-order chi connectivity index (χ0) is 33.6. The highest BCUT2D eigenvalue weighted by molar-refractivity contribution is 6.63. The van der Waals surface area contributed by atoms with E-state index in [9.17, 15) is 14.4 Å². The van der Waals surface area contributed by atoms with Gasteiger partial charge in [0.05, 0.1) is 29.1 Å². The number of carbonyl (C=O) groups excluding carboxylic acids is 3. The lowest BCUT2D eigenvalue weighted by Crippen LogP contribution is -2.45.